The Morgan fingerprint density at radius 3 is 2.80 bits per heavy atom. The van der Waals surface area contributed by atoms with E-state index in [1.165, 1.54) is 32.1 Å². The first kappa shape index (κ1) is 12.5. The molecule has 0 spiro atoms. The molecule has 3 heteroatoms. The Hall–Kier alpha value is -0.570. The monoisotopic (exact) mass is 212 g/mol. The van der Waals surface area contributed by atoms with E-state index in [0.717, 1.165) is 12.5 Å². The van der Waals surface area contributed by atoms with Gasteiger partial charge in [0.25, 0.3) is 0 Å². The first-order chi connectivity index (χ1) is 7.22. The predicted molar refractivity (Wildman–Crippen MR) is 62.7 cm³/mol. The van der Waals surface area contributed by atoms with Crippen molar-refractivity contribution in [2.75, 3.05) is 13.1 Å². The molecule has 2 unspecified atom stereocenters. The minimum atomic E-state index is 0.120. The van der Waals surface area contributed by atoms with Gasteiger partial charge in [0.15, 0.2) is 0 Å². The van der Waals surface area contributed by atoms with Crippen LogP contribution in [0.25, 0.3) is 0 Å². The van der Waals surface area contributed by atoms with Crippen molar-refractivity contribution in [2.24, 2.45) is 5.92 Å². The van der Waals surface area contributed by atoms with Crippen LogP contribution in [-0.4, -0.2) is 25.0 Å². The quantitative estimate of drug-likeness (QED) is 0.696. The summed E-state index contributed by atoms with van der Waals surface area (Å²) in [5.41, 5.74) is 0. The van der Waals surface area contributed by atoms with Gasteiger partial charge in [-0.25, -0.2) is 0 Å². The third-order valence-electron chi connectivity index (χ3n) is 3.18. The molecule has 1 rings (SSSR count). The zero-order chi connectivity index (χ0) is 11.1. The van der Waals surface area contributed by atoms with Crippen LogP contribution in [0, 0.1) is 5.92 Å². The van der Waals surface area contributed by atoms with Crippen molar-refractivity contribution in [1.82, 2.24) is 10.6 Å². The highest BCUT2D eigenvalue weighted by atomic mass is 16.1. The van der Waals surface area contributed by atoms with Gasteiger partial charge in [-0.15, -0.1) is 0 Å². The molecule has 0 aromatic heterocycles. The van der Waals surface area contributed by atoms with Gasteiger partial charge >= 0.3 is 0 Å². The minimum absolute atomic E-state index is 0.120. The van der Waals surface area contributed by atoms with E-state index < -0.39 is 0 Å². The molecule has 88 valence electrons. The number of rotatable bonds is 4. The minimum Gasteiger partial charge on any atom is -0.355 e. The smallest absolute Gasteiger partial charge is 0.233 e. The molecule has 0 aliphatic heterocycles. The second kappa shape index (κ2) is 6.83. The van der Waals surface area contributed by atoms with Crippen molar-refractivity contribution >= 4 is 5.91 Å². The highest BCUT2D eigenvalue weighted by molar-refractivity contribution is 5.77. The molecule has 2 N–H and O–H groups in total. The van der Waals surface area contributed by atoms with E-state index >= 15 is 0 Å². The Balaban J connectivity index is 2.17. The normalized spacial score (nSPS) is 27.1. The third-order valence-corrected chi connectivity index (χ3v) is 3.18. The topological polar surface area (TPSA) is 41.1 Å². The lowest BCUT2D eigenvalue weighted by atomic mass is 10.0. The van der Waals surface area contributed by atoms with Gasteiger partial charge in [-0.2, -0.15) is 0 Å². The van der Waals surface area contributed by atoms with Crippen LogP contribution < -0.4 is 10.6 Å². The van der Waals surface area contributed by atoms with Crippen molar-refractivity contribution in [1.29, 1.82) is 0 Å². The van der Waals surface area contributed by atoms with E-state index in [0.29, 0.717) is 12.6 Å². The summed E-state index contributed by atoms with van der Waals surface area (Å²) in [6.45, 7) is 5.48. The van der Waals surface area contributed by atoms with Crippen LogP contribution in [0.15, 0.2) is 0 Å². The first-order valence-corrected chi connectivity index (χ1v) is 6.22. The number of nitrogens with one attached hydrogen (secondary N) is 2. The molecule has 0 saturated heterocycles. The van der Waals surface area contributed by atoms with Crippen molar-refractivity contribution in [3.05, 3.63) is 0 Å². The molecule has 1 aliphatic rings. The van der Waals surface area contributed by atoms with Gasteiger partial charge in [-0.05, 0) is 32.1 Å². The van der Waals surface area contributed by atoms with E-state index in [-0.39, 0.29) is 5.91 Å². The number of hydrogen-bond acceptors (Lipinski definition) is 2. The Labute approximate surface area is 93.0 Å². The molecule has 0 heterocycles. The van der Waals surface area contributed by atoms with Gasteiger partial charge in [0.05, 0.1) is 6.54 Å². The molecule has 1 saturated carbocycles. The molecule has 0 aromatic carbocycles. The number of carbonyl (C=O) groups excluding carboxylic acids is 1. The summed E-state index contributed by atoms with van der Waals surface area (Å²) in [5, 5.41) is 6.16. The molecular formula is C12H24N2O. The van der Waals surface area contributed by atoms with Crippen LogP contribution in [0.3, 0.4) is 0 Å². The summed E-state index contributed by atoms with van der Waals surface area (Å²) < 4.78 is 0. The summed E-state index contributed by atoms with van der Waals surface area (Å²) >= 11 is 0. The first-order valence-electron chi connectivity index (χ1n) is 6.22. The van der Waals surface area contributed by atoms with Crippen LogP contribution in [0.4, 0.5) is 0 Å². The lowest BCUT2D eigenvalue weighted by molar-refractivity contribution is -0.120. The lowest BCUT2D eigenvalue weighted by Crippen LogP contribution is -2.38. The lowest BCUT2D eigenvalue weighted by Gasteiger charge is -2.15. The molecule has 1 aliphatic carbocycles. The zero-order valence-corrected chi connectivity index (χ0v) is 10.0. The second-order valence-corrected chi connectivity index (χ2v) is 4.64. The van der Waals surface area contributed by atoms with Crippen molar-refractivity contribution in [2.45, 2.75) is 52.0 Å². The number of amides is 1. The number of carbonyl (C=O) groups is 1. The fourth-order valence-corrected chi connectivity index (χ4v) is 2.19. The maximum Gasteiger partial charge on any atom is 0.233 e. The van der Waals surface area contributed by atoms with Gasteiger partial charge in [-0.1, -0.05) is 19.8 Å². The van der Waals surface area contributed by atoms with Crippen LogP contribution in [0.2, 0.25) is 0 Å². The van der Waals surface area contributed by atoms with Crippen LogP contribution >= 0.6 is 0 Å². The van der Waals surface area contributed by atoms with E-state index in [1.807, 2.05) is 6.92 Å². The zero-order valence-electron chi connectivity index (χ0n) is 10.0. The second-order valence-electron chi connectivity index (χ2n) is 4.64. The molecule has 2 atom stereocenters. The molecule has 1 amide bonds. The Morgan fingerprint density at radius 1 is 1.27 bits per heavy atom. The standard InChI is InChI=1S/C12H24N2O/c1-3-13-12(15)9-14-11-6-4-5-10(2)7-8-11/h10-11,14H,3-9H2,1-2H3,(H,13,15). The van der Waals surface area contributed by atoms with Gasteiger partial charge < -0.3 is 10.6 Å². The molecule has 15 heavy (non-hydrogen) atoms. The summed E-state index contributed by atoms with van der Waals surface area (Å²) in [5.74, 6) is 0.982. The number of likely N-dealkylation sites (N-methyl/N-ethyl adjacent to an activating group) is 1. The largest absolute Gasteiger partial charge is 0.355 e. The Bertz CT molecular complexity index is 194. The summed E-state index contributed by atoms with van der Waals surface area (Å²) in [6.07, 6.45) is 6.39. The summed E-state index contributed by atoms with van der Waals surface area (Å²) in [7, 11) is 0. The van der Waals surface area contributed by atoms with Gasteiger partial charge in [0, 0.05) is 12.6 Å². The van der Waals surface area contributed by atoms with E-state index in [1.54, 1.807) is 0 Å². The molecule has 3 nitrogen and oxygen atoms in total. The fraction of sp³-hybridized carbons (Fsp3) is 0.917. The Kier molecular flexibility index (Phi) is 5.69. The van der Waals surface area contributed by atoms with Crippen LogP contribution in [-0.2, 0) is 4.79 Å². The Morgan fingerprint density at radius 2 is 2.07 bits per heavy atom. The van der Waals surface area contributed by atoms with Crippen molar-refractivity contribution in [3.63, 3.8) is 0 Å². The van der Waals surface area contributed by atoms with Crippen LogP contribution in [0.1, 0.15) is 46.0 Å². The van der Waals surface area contributed by atoms with Crippen molar-refractivity contribution in [3.8, 4) is 0 Å². The van der Waals surface area contributed by atoms with Gasteiger partial charge in [0.2, 0.25) is 5.91 Å². The third kappa shape index (κ3) is 5.17. The molecule has 0 bridgehead atoms. The molecule has 0 aromatic rings. The van der Waals surface area contributed by atoms with Crippen LogP contribution in [0.5, 0.6) is 0 Å². The maximum atomic E-state index is 11.3. The van der Waals surface area contributed by atoms with Crippen molar-refractivity contribution < 1.29 is 4.79 Å². The predicted octanol–water partition coefficient (Wildman–Crippen LogP) is 1.68. The number of hydrogen-bond donors (Lipinski definition) is 2. The maximum absolute atomic E-state index is 11.3. The van der Waals surface area contributed by atoms with E-state index in [9.17, 15) is 4.79 Å². The highest BCUT2D eigenvalue weighted by Gasteiger charge is 2.16. The van der Waals surface area contributed by atoms with Gasteiger partial charge in [-0.3, -0.25) is 4.79 Å². The fourth-order valence-electron chi connectivity index (χ4n) is 2.19. The molecule has 1 fully saturated rings. The molecule has 0 radical (unpaired) electrons. The highest BCUT2D eigenvalue weighted by Crippen LogP contribution is 2.22. The average Bonchev–Trinajstić information content (AvgIpc) is 2.41. The summed E-state index contributed by atoms with van der Waals surface area (Å²) in [4.78, 5) is 11.3. The average molecular weight is 212 g/mol. The van der Waals surface area contributed by atoms with E-state index in [4.69, 9.17) is 0 Å². The summed E-state index contributed by atoms with van der Waals surface area (Å²) in [6, 6.07) is 0.553. The van der Waals surface area contributed by atoms with E-state index in [2.05, 4.69) is 17.6 Å². The molecular weight excluding hydrogens is 188 g/mol. The van der Waals surface area contributed by atoms with Gasteiger partial charge in [0.1, 0.15) is 0 Å². The SMILES string of the molecule is CCNC(=O)CNC1CCCC(C)CC1.